The summed E-state index contributed by atoms with van der Waals surface area (Å²) < 4.78 is 0. The van der Waals surface area contributed by atoms with Crippen LogP contribution in [-0.2, 0) is 6.54 Å². The van der Waals surface area contributed by atoms with E-state index in [0.29, 0.717) is 6.54 Å². The van der Waals surface area contributed by atoms with Crippen LogP contribution in [0.4, 0.5) is 4.79 Å². The Morgan fingerprint density at radius 3 is 2.37 bits per heavy atom. The lowest BCUT2D eigenvalue weighted by Gasteiger charge is -2.24. The Balaban J connectivity index is 2.52. The minimum atomic E-state index is -0.952. The van der Waals surface area contributed by atoms with Gasteiger partial charge in [0.1, 0.15) is 0 Å². The smallest absolute Gasteiger partial charge is 0.335 e. The lowest BCUT2D eigenvalue weighted by Crippen LogP contribution is -2.41. The number of hydrogen-bond donors (Lipinski definition) is 2. The van der Waals surface area contributed by atoms with Gasteiger partial charge in [-0.3, -0.25) is 0 Å². The number of aromatic carboxylic acids is 1. The molecule has 0 spiro atoms. The molecular formula is C14H20N2O3. The van der Waals surface area contributed by atoms with Crippen LogP contribution in [0.25, 0.3) is 0 Å². The Labute approximate surface area is 113 Å². The maximum atomic E-state index is 11.8. The number of carbonyl (C=O) groups is 2. The summed E-state index contributed by atoms with van der Waals surface area (Å²) in [4.78, 5) is 24.2. The highest BCUT2D eigenvalue weighted by molar-refractivity contribution is 5.87. The average molecular weight is 264 g/mol. The van der Waals surface area contributed by atoms with Crippen LogP contribution in [0, 0.1) is 0 Å². The van der Waals surface area contributed by atoms with E-state index in [9.17, 15) is 9.59 Å². The second kappa shape index (κ2) is 6.78. The van der Waals surface area contributed by atoms with Gasteiger partial charge in [0.2, 0.25) is 0 Å². The first-order valence-electron chi connectivity index (χ1n) is 6.28. The van der Waals surface area contributed by atoms with E-state index in [4.69, 9.17) is 5.11 Å². The van der Waals surface area contributed by atoms with Crippen LogP contribution in [0.2, 0.25) is 0 Å². The molecule has 5 heteroatoms. The molecule has 0 heterocycles. The zero-order valence-corrected chi connectivity index (χ0v) is 11.5. The number of nitrogens with zero attached hydrogens (tertiary/aromatic N) is 1. The van der Waals surface area contributed by atoms with Gasteiger partial charge in [0, 0.05) is 19.6 Å². The summed E-state index contributed by atoms with van der Waals surface area (Å²) >= 11 is 0. The number of rotatable bonds is 5. The molecule has 5 nitrogen and oxygen atoms in total. The third kappa shape index (κ3) is 4.28. The third-order valence-electron chi connectivity index (χ3n) is 3.22. The van der Waals surface area contributed by atoms with Crippen molar-refractivity contribution < 1.29 is 14.7 Å². The van der Waals surface area contributed by atoms with Gasteiger partial charge in [-0.05, 0) is 31.0 Å². The molecule has 0 radical (unpaired) electrons. The van der Waals surface area contributed by atoms with E-state index in [1.54, 1.807) is 24.1 Å². The van der Waals surface area contributed by atoms with Gasteiger partial charge in [-0.1, -0.05) is 19.1 Å². The van der Waals surface area contributed by atoms with Crippen molar-refractivity contribution in [3.8, 4) is 0 Å². The molecular weight excluding hydrogens is 244 g/mol. The molecule has 0 saturated carbocycles. The molecule has 1 aromatic carbocycles. The Morgan fingerprint density at radius 2 is 1.89 bits per heavy atom. The Bertz CT molecular complexity index is 443. The maximum Gasteiger partial charge on any atom is 0.335 e. The summed E-state index contributed by atoms with van der Waals surface area (Å²) in [6, 6.07) is 6.52. The number of urea groups is 1. The van der Waals surface area contributed by atoms with Gasteiger partial charge < -0.3 is 15.3 Å². The summed E-state index contributed by atoms with van der Waals surface area (Å²) in [5, 5.41) is 11.6. The molecule has 0 aliphatic rings. The average Bonchev–Trinajstić information content (AvgIpc) is 2.43. The first-order valence-corrected chi connectivity index (χ1v) is 6.28. The van der Waals surface area contributed by atoms with Crippen molar-refractivity contribution in [1.29, 1.82) is 0 Å². The lowest BCUT2D eigenvalue weighted by atomic mass is 10.1. The van der Waals surface area contributed by atoms with E-state index in [-0.39, 0.29) is 17.6 Å². The molecule has 0 saturated heterocycles. The minimum Gasteiger partial charge on any atom is -0.478 e. The van der Waals surface area contributed by atoms with Crippen molar-refractivity contribution in [3.63, 3.8) is 0 Å². The van der Waals surface area contributed by atoms with E-state index < -0.39 is 5.97 Å². The number of carboxylic acid groups (broad SMARTS) is 1. The molecule has 104 valence electrons. The minimum absolute atomic E-state index is 0.128. The molecule has 1 unspecified atom stereocenters. The maximum absolute atomic E-state index is 11.8. The van der Waals surface area contributed by atoms with Gasteiger partial charge in [-0.2, -0.15) is 0 Å². The van der Waals surface area contributed by atoms with Crippen molar-refractivity contribution in [1.82, 2.24) is 10.2 Å². The fraction of sp³-hybridized carbons (Fsp3) is 0.429. The number of carboxylic acids is 1. The van der Waals surface area contributed by atoms with Gasteiger partial charge >= 0.3 is 12.0 Å². The molecule has 19 heavy (non-hydrogen) atoms. The normalized spacial score (nSPS) is 11.7. The molecule has 0 aromatic heterocycles. The summed E-state index contributed by atoms with van der Waals surface area (Å²) in [6.07, 6.45) is 0.900. The molecule has 0 aliphatic heterocycles. The van der Waals surface area contributed by atoms with Crippen LogP contribution < -0.4 is 5.32 Å². The standard InChI is InChI=1S/C14H20N2O3/c1-4-10(2)16(3)14(19)15-9-11-5-7-12(8-6-11)13(17)18/h5-8,10H,4,9H2,1-3H3,(H,15,19)(H,17,18). The van der Waals surface area contributed by atoms with Crippen LogP contribution in [0.1, 0.15) is 36.2 Å². The molecule has 2 amide bonds. The van der Waals surface area contributed by atoms with Crippen molar-refractivity contribution >= 4 is 12.0 Å². The zero-order valence-electron chi connectivity index (χ0n) is 11.5. The molecule has 1 aromatic rings. The van der Waals surface area contributed by atoms with Crippen LogP contribution >= 0.6 is 0 Å². The number of benzene rings is 1. The van der Waals surface area contributed by atoms with Crippen molar-refractivity contribution in [3.05, 3.63) is 35.4 Å². The Kier molecular flexibility index (Phi) is 5.36. The molecule has 0 fully saturated rings. The predicted octanol–water partition coefficient (Wildman–Crippen LogP) is 2.32. The summed E-state index contributed by atoms with van der Waals surface area (Å²) in [5.41, 5.74) is 1.11. The second-order valence-electron chi connectivity index (χ2n) is 4.53. The van der Waals surface area contributed by atoms with E-state index in [0.717, 1.165) is 12.0 Å². The third-order valence-corrected chi connectivity index (χ3v) is 3.22. The summed E-state index contributed by atoms with van der Waals surface area (Å²) in [6.45, 7) is 4.40. The molecule has 0 aliphatic carbocycles. The van der Waals surface area contributed by atoms with Crippen molar-refractivity contribution in [2.24, 2.45) is 0 Å². The van der Waals surface area contributed by atoms with Gasteiger partial charge in [0.05, 0.1) is 5.56 Å². The largest absolute Gasteiger partial charge is 0.478 e. The van der Waals surface area contributed by atoms with Crippen LogP contribution in [0.5, 0.6) is 0 Å². The Morgan fingerprint density at radius 1 is 1.32 bits per heavy atom. The van der Waals surface area contributed by atoms with E-state index in [1.165, 1.54) is 12.1 Å². The molecule has 1 atom stereocenters. The van der Waals surface area contributed by atoms with E-state index >= 15 is 0 Å². The van der Waals surface area contributed by atoms with Gasteiger partial charge in [-0.25, -0.2) is 9.59 Å². The van der Waals surface area contributed by atoms with Crippen molar-refractivity contribution in [2.45, 2.75) is 32.9 Å². The van der Waals surface area contributed by atoms with E-state index in [2.05, 4.69) is 5.32 Å². The topological polar surface area (TPSA) is 69.6 Å². The number of carbonyl (C=O) groups excluding carboxylic acids is 1. The Hall–Kier alpha value is -2.04. The monoisotopic (exact) mass is 264 g/mol. The van der Waals surface area contributed by atoms with Crippen molar-refractivity contribution in [2.75, 3.05) is 7.05 Å². The van der Waals surface area contributed by atoms with Crippen LogP contribution in [0.3, 0.4) is 0 Å². The molecule has 2 N–H and O–H groups in total. The van der Waals surface area contributed by atoms with Gasteiger partial charge in [-0.15, -0.1) is 0 Å². The zero-order chi connectivity index (χ0) is 14.4. The highest BCUT2D eigenvalue weighted by Crippen LogP contribution is 2.05. The summed E-state index contributed by atoms with van der Waals surface area (Å²) in [7, 11) is 1.76. The predicted molar refractivity (Wildman–Crippen MR) is 73.2 cm³/mol. The first-order chi connectivity index (χ1) is 8.95. The highest BCUT2D eigenvalue weighted by Gasteiger charge is 2.13. The van der Waals surface area contributed by atoms with Crippen LogP contribution in [-0.4, -0.2) is 35.1 Å². The molecule has 0 bridgehead atoms. The van der Waals surface area contributed by atoms with Crippen LogP contribution in [0.15, 0.2) is 24.3 Å². The fourth-order valence-corrected chi connectivity index (χ4v) is 1.54. The van der Waals surface area contributed by atoms with Gasteiger partial charge in [0.25, 0.3) is 0 Å². The number of amides is 2. The SMILES string of the molecule is CCC(C)N(C)C(=O)NCc1ccc(C(=O)O)cc1. The summed E-state index contributed by atoms with van der Waals surface area (Å²) in [5.74, 6) is -0.952. The van der Waals surface area contributed by atoms with Gasteiger partial charge in [0.15, 0.2) is 0 Å². The molecule has 1 rings (SSSR count). The fourth-order valence-electron chi connectivity index (χ4n) is 1.54. The first kappa shape index (κ1) is 15.0. The second-order valence-corrected chi connectivity index (χ2v) is 4.53. The number of hydrogen-bond acceptors (Lipinski definition) is 2. The van der Waals surface area contributed by atoms with E-state index in [1.807, 2.05) is 13.8 Å². The lowest BCUT2D eigenvalue weighted by molar-refractivity contribution is 0.0697. The quantitative estimate of drug-likeness (QED) is 0.857. The number of nitrogens with one attached hydrogen (secondary N) is 1. The highest BCUT2D eigenvalue weighted by atomic mass is 16.4.